The average Bonchev–Trinajstić information content (AvgIpc) is 2.53. The van der Waals surface area contributed by atoms with Crippen molar-refractivity contribution in [3.05, 3.63) is 48.0 Å². The third kappa shape index (κ3) is 3.55. The number of hydrogen-bond donors (Lipinski definition) is 1. The Bertz CT molecular complexity index is 652. The fourth-order valence-corrected chi connectivity index (χ4v) is 2.69. The van der Waals surface area contributed by atoms with Crippen molar-refractivity contribution in [3.8, 4) is 0 Å². The first-order valence-corrected chi connectivity index (χ1v) is 7.92. The molecule has 0 aliphatic rings. The van der Waals surface area contributed by atoms with Crippen LogP contribution >= 0.6 is 11.8 Å². The molecule has 1 N–H and O–H groups in total. The van der Waals surface area contributed by atoms with E-state index in [4.69, 9.17) is 4.74 Å². The molecule has 0 aliphatic carbocycles. The van der Waals surface area contributed by atoms with Crippen LogP contribution in [0.2, 0.25) is 0 Å². The number of methoxy groups -OCH3 is 1. The van der Waals surface area contributed by atoms with Gasteiger partial charge in [-0.1, -0.05) is 36.4 Å². The van der Waals surface area contributed by atoms with Crippen molar-refractivity contribution in [2.24, 2.45) is 0 Å². The Morgan fingerprint density at radius 3 is 2.62 bits per heavy atom. The lowest BCUT2D eigenvalue weighted by molar-refractivity contribution is -0.142. The number of rotatable bonds is 5. The minimum atomic E-state index is -0.642. The zero-order valence-corrected chi connectivity index (χ0v) is 12.8. The van der Waals surface area contributed by atoms with Gasteiger partial charge in [0.1, 0.15) is 6.04 Å². The average molecular weight is 303 g/mol. The van der Waals surface area contributed by atoms with Gasteiger partial charge in [0, 0.05) is 11.3 Å². The molecule has 0 unspecified atom stereocenters. The lowest BCUT2D eigenvalue weighted by atomic mass is 10.0. The van der Waals surface area contributed by atoms with Gasteiger partial charge in [-0.25, -0.2) is 4.79 Å². The molecule has 0 aliphatic heterocycles. The van der Waals surface area contributed by atoms with Crippen molar-refractivity contribution in [3.63, 3.8) is 0 Å². The summed E-state index contributed by atoms with van der Waals surface area (Å²) in [6.07, 6.45) is 1.88. The van der Waals surface area contributed by atoms with E-state index < -0.39 is 12.0 Å². The van der Waals surface area contributed by atoms with Gasteiger partial charge in [-0.2, -0.15) is 11.8 Å². The normalized spacial score (nSPS) is 11.9. The van der Waals surface area contributed by atoms with E-state index in [1.165, 1.54) is 18.9 Å². The largest absolute Gasteiger partial charge is 0.467 e. The second-order valence-electron chi connectivity index (χ2n) is 4.53. The fourth-order valence-electron chi connectivity index (χ4n) is 2.14. The van der Waals surface area contributed by atoms with E-state index in [2.05, 4.69) is 5.32 Å². The third-order valence-electron chi connectivity index (χ3n) is 3.16. The fraction of sp³-hybridized carbons (Fsp3) is 0.250. The smallest absolute Gasteiger partial charge is 0.329 e. The number of fused-ring (bicyclic) bond motifs is 1. The Hall–Kier alpha value is -2.01. The number of carbonyl (C=O) groups excluding carboxylic acids is 2. The SMILES string of the molecule is COC(=O)[C@H](CSC)NC(=O)c1cccc2ccccc12. The van der Waals surface area contributed by atoms with Gasteiger partial charge in [0.15, 0.2) is 0 Å². The minimum absolute atomic E-state index is 0.267. The summed E-state index contributed by atoms with van der Waals surface area (Å²) in [4.78, 5) is 24.1. The van der Waals surface area contributed by atoms with Crippen LogP contribution in [0.15, 0.2) is 42.5 Å². The Balaban J connectivity index is 2.27. The van der Waals surface area contributed by atoms with Crippen molar-refractivity contribution >= 4 is 34.4 Å². The van der Waals surface area contributed by atoms with Gasteiger partial charge in [0.25, 0.3) is 5.91 Å². The Morgan fingerprint density at radius 2 is 1.90 bits per heavy atom. The summed E-state index contributed by atoms with van der Waals surface area (Å²) in [5, 5.41) is 4.60. The number of thioether (sulfide) groups is 1. The van der Waals surface area contributed by atoms with Crippen LogP contribution in [0.25, 0.3) is 10.8 Å². The summed E-state index contributed by atoms with van der Waals surface area (Å²) >= 11 is 1.48. The van der Waals surface area contributed by atoms with Gasteiger partial charge in [0.05, 0.1) is 7.11 Å². The Kier molecular flexibility index (Phi) is 5.22. The summed E-state index contributed by atoms with van der Waals surface area (Å²) in [7, 11) is 1.32. The van der Waals surface area contributed by atoms with Crippen LogP contribution in [-0.2, 0) is 9.53 Å². The Labute approximate surface area is 127 Å². The molecule has 0 bridgehead atoms. The Morgan fingerprint density at radius 1 is 1.19 bits per heavy atom. The number of nitrogens with one attached hydrogen (secondary N) is 1. The third-order valence-corrected chi connectivity index (χ3v) is 3.83. The first-order chi connectivity index (χ1) is 10.2. The summed E-state index contributed by atoms with van der Waals surface area (Å²) in [6.45, 7) is 0. The highest BCUT2D eigenvalue weighted by Crippen LogP contribution is 2.18. The lowest BCUT2D eigenvalue weighted by Crippen LogP contribution is -2.43. The van der Waals surface area contributed by atoms with E-state index in [1.807, 2.05) is 42.7 Å². The van der Waals surface area contributed by atoms with Gasteiger partial charge in [-0.15, -0.1) is 0 Å². The van der Waals surface area contributed by atoms with E-state index in [-0.39, 0.29) is 5.91 Å². The van der Waals surface area contributed by atoms with Crippen molar-refractivity contribution in [1.82, 2.24) is 5.32 Å². The maximum Gasteiger partial charge on any atom is 0.329 e. The molecule has 0 aromatic heterocycles. The zero-order chi connectivity index (χ0) is 15.2. The molecule has 0 fully saturated rings. The summed E-state index contributed by atoms with van der Waals surface area (Å²) < 4.78 is 4.72. The van der Waals surface area contributed by atoms with Gasteiger partial charge in [-0.05, 0) is 23.1 Å². The first kappa shape index (κ1) is 15.4. The number of esters is 1. The van der Waals surface area contributed by atoms with Crippen LogP contribution in [0.5, 0.6) is 0 Å². The molecule has 0 radical (unpaired) electrons. The van der Waals surface area contributed by atoms with E-state index in [0.717, 1.165) is 10.8 Å². The van der Waals surface area contributed by atoms with E-state index in [9.17, 15) is 9.59 Å². The van der Waals surface area contributed by atoms with Crippen LogP contribution in [0, 0.1) is 0 Å². The standard InChI is InChI=1S/C16H17NO3S/c1-20-16(19)14(10-21-2)17-15(18)13-9-5-7-11-6-3-4-8-12(11)13/h3-9,14H,10H2,1-2H3,(H,17,18)/t14-/m0/s1. The monoisotopic (exact) mass is 303 g/mol. The molecule has 0 saturated heterocycles. The van der Waals surface area contributed by atoms with Crippen molar-refractivity contribution < 1.29 is 14.3 Å². The summed E-state index contributed by atoms with van der Waals surface area (Å²) in [6, 6.07) is 12.6. The summed E-state index contributed by atoms with van der Waals surface area (Å²) in [5.41, 5.74) is 0.558. The lowest BCUT2D eigenvalue weighted by Gasteiger charge is -2.16. The molecule has 1 atom stereocenters. The van der Waals surface area contributed by atoms with E-state index in [1.54, 1.807) is 6.07 Å². The number of ether oxygens (including phenoxy) is 1. The first-order valence-electron chi connectivity index (χ1n) is 6.52. The zero-order valence-electron chi connectivity index (χ0n) is 12.0. The van der Waals surface area contributed by atoms with Crippen LogP contribution in [0.1, 0.15) is 10.4 Å². The molecule has 0 saturated carbocycles. The number of hydrogen-bond acceptors (Lipinski definition) is 4. The molecular formula is C16H17NO3S. The quantitative estimate of drug-likeness (QED) is 0.862. The van der Waals surface area contributed by atoms with Crippen LogP contribution < -0.4 is 5.32 Å². The molecule has 0 heterocycles. The summed E-state index contributed by atoms with van der Waals surface area (Å²) in [5.74, 6) is -0.224. The van der Waals surface area contributed by atoms with Gasteiger partial charge < -0.3 is 10.1 Å². The molecule has 2 aromatic carbocycles. The maximum atomic E-state index is 12.4. The topological polar surface area (TPSA) is 55.4 Å². The number of amides is 1. The number of benzene rings is 2. The maximum absolute atomic E-state index is 12.4. The number of carbonyl (C=O) groups is 2. The van der Waals surface area contributed by atoms with Crippen molar-refractivity contribution in [2.75, 3.05) is 19.1 Å². The molecule has 1 amide bonds. The highest BCUT2D eigenvalue weighted by Gasteiger charge is 2.22. The van der Waals surface area contributed by atoms with Crippen LogP contribution in [0.4, 0.5) is 0 Å². The molecule has 5 heteroatoms. The van der Waals surface area contributed by atoms with Crippen molar-refractivity contribution in [1.29, 1.82) is 0 Å². The van der Waals surface area contributed by atoms with Gasteiger partial charge >= 0.3 is 5.97 Å². The van der Waals surface area contributed by atoms with Gasteiger partial charge in [0.2, 0.25) is 0 Å². The molecule has 21 heavy (non-hydrogen) atoms. The molecular weight excluding hydrogens is 286 g/mol. The highest BCUT2D eigenvalue weighted by molar-refractivity contribution is 7.98. The molecule has 0 spiro atoms. The molecule has 2 rings (SSSR count). The van der Waals surface area contributed by atoms with Crippen molar-refractivity contribution in [2.45, 2.75) is 6.04 Å². The second kappa shape index (κ2) is 7.13. The predicted molar refractivity (Wildman–Crippen MR) is 85.6 cm³/mol. The predicted octanol–water partition coefficient (Wildman–Crippen LogP) is 2.47. The van der Waals surface area contributed by atoms with E-state index in [0.29, 0.717) is 11.3 Å². The van der Waals surface area contributed by atoms with E-state index >= 15 is 0 Å². The molecule has 110 valence electrons. The van der Waals surface area contributed by atoms with Crippen LogP contribution in [0.3, 0.4) is 0 Å². The van der Waals surface area contributed by atoms with Crippen LogP contribution in [-0.4, -0.2) is 37.0 Å². The highest BCUT2D eigenvalue weighted by atomic mass is 32.2. The van der Waals surface area contributed by atoms with Gasteiger partial charge in [-0.3, -0.25) is 4.79 Å². The second-order valence-corrected chi connectivity index (χ2v) is 5.44. The molecule has 4 nitrogen and oxygen atoms in total. The molecule has 2 aromatic rings. The minimum Gasteiger partial charge on any atom is -0.467 e.